The van der Waals surface area contributed by atoms with Gasteiger partial charge in [-0.2, -0.15) is 4.37 Å². The van der Waals surface area contributed by atoms with Crippen molar-refractivity contribution in [1.82, 2.24) is 9.36 Å². The summed E-state index contributed by atoms with van der Waals surface area (Å²) in [6, 6.07) is 29.9. The van der Waals surface area contributed by atoms with Crippen LogP contribution in [0.2, 0.25) is 0 Å². The number of thiophene rings is 1. The monoisotopic (exact) mass is 394 g/mol. The lowest BCUT2D eigenvalue weighted by atomic mass is 10.0. The van der Waals surface area contributed by atoms with Gasteiger partial charge in [-0.05, 0) is 40.5 Å². The standard InChI is InChI=1S/C24H14N2S2/c1-2-8-17-15(6-1)7-5-10-19(17)23-25-24(28-26-23)16-12-13-22-20(14-16)18-9-3-4-11-21(18)27-22/h1-14H. The Morgan fingerprint density at radius 2 is 1.43 bits per heavy atom. The Labute approximate surface area is 169 Å². The number of aromatic nitrogens is 2. The van der Waals surface area contributed by atoms with Crippen LogP contribution in [0.25, 0.3) is 52.9 Å². The third-order valence-corrected chi connectivity index (χ3v) is 7.00. The molecular formula is C24H14N2S2. The van der Waals surface area contributed by atoms with E-state index in [1.54, 1.807) is 0 Å². The molecule has 0 aliphatic carbocycles. The van der Waals surface area contributed by atoms with Crippen molar-refractivity contribution in [1.29, 1.82) is 0 Å². The third kappa shape index (κ3) is 2.46. The zero-order valence-corrected chi connectivity index (χ0v) is 16.4. The van der Waals surface area contributed by atoms with E-state index in [1.165, 1.54) is 42.5 Å². The molecule has 6 aromatic rings. The molecule has 0 saturated carbocycles. The Bertz CT molecular complexity index is 1470. The van der Waals surface area contributed by atoms with Crippen LogP contribution in [-0.2, 0) is 0 Å². The van der Waals surface area contributed by atoms with Crippen LogP contribution in [-0.4, -0.2) is 9.36 Å². The second-order valence-electron chi connectivity index (χ2n) is 6.76. The summed E-state index contributed by atoms with van der Waals surface area (Å²) in [6.45, 7) is 0. The van der Waals surface area contributed by atoms with Crippen LogP contribution >= 0.6 is 22.9 Å². The van der Waals surface area contributed by atoms with Crippen molar-refractivity contribution in [3.8, 4) is 22.0 Å². The molecule has 0 unspecified atom stereocenters. The molecule has 0 spiro atoms. The van der Waals surface area contributed by atoms with Crippen LogP contribution in [0.4, 0.5) is 0 Å². The molecule has 2 nitrogen and oxygen atoms in total. The summed E-state index contributed by atoms with van der Waals surface area (Å²) >= 11 is 3.30. The lowest BCUT2D eigenvalue weighted by molar-refractivity contribution is 1.33. The van der Waals surface area contributed by atoms with Crippen LogP contribution in [0.15, 0.2) is 84.9 Å². The summed E-state index contributed by atoms with van der Waals surface area (Å²) in [5.74, 6) is 0.798. The highest BCUT2D eigenvalue weighted by atomic mass is 32.1. The topological polar surface area (TPSA) is 25.8 Å². The summed E-state index contributed by atoms with van der Waals surface area (Å²) in [7, 11) is 0. The van der Waals surface area contributed by atoms with E-state index in [-0.39, 0.29) is 0 Å². The predicted molar refractivity (Wildman–Crippen MR) is 121 cm³/mol. The Hall–Kier alpha value is -3.08. The van der Waals surface area contributed by atoms with Gasteiger partial charge in [0.2, 0.25) is 0 Å². The van der Waals surface area contributed by atoms with E-state index in [9.17, 15) is 0 Å². The molecule has 28 heavy (non-hydrogen) atoms. The first-order chi connectivity index (χ1) is 13.9. The number of rotatable bonds is 2. The van der Waals surface area contributed by atoms with Gasteiger partial charge in [0.15, 0.2) is 5.82 Å². The summed E-state index contributed by atoms with van der Waals surface area (Å²) in [4.78, 5) is 4.88. The molecule has 4 heteroatoms. The Morgan fingerprint density at radius 3 is 2.39 bits per heavy atom. The SMILES string of the molecule is c1ccc2c(-c3nsc(-c4ccc5sc6ccccc6c5c4)n3)cccc2c1. The minimum Gasteiger partial charge on any atom is -0.215 e. The van der Waals surface area contributed by atoms with E-state index in [2.05, 4.69) is 89.3 Å². The average Bonchev–Trinajstić information content (AvgIpc) is 3.38. The van der Waals surface area contributed by atoms with Crippen molar-refractivity contribution in [3.05, 3.63) is 84.9 Å². The second kappa shape index (κ2) is 6.23. The highest BCUT2D eigenvalue weighted by Crippen LogP contribution is 2.37. The van der Waals surface area contributed by atoms with Crippen molar-refractivity contribution in [2.75, 3.05) is 0 Å². The molecule has 0 aliphatic heterocycles. The van der Waals surface area contributed by atoms with Gasteiger partial charge in [0.1, 0.15) is 5.01 Å². The molecule has 2 aromatic heterocycles. The van der Waals surface area contributed by atoms with Crippen molar-refractivity contribution < 1.29 is 0 Å². The van der Waals surface area contributed by atoms with Crippen molar-refractivity contribution in [3.63, 3.8) is 0 Å². The molecule has 132 valence electrons. The Balaban J connectivity index is 1.50. The minimum absolute atomic E-state index is 0.798. The molecule has 0 saturated heterocycles. The summed E-state index contributed by atoms with van der Waals surface area (Å²) in [5, 5.41) is 5.96. The smallest absolute Gasteiger partial charge is 0.174 e. The normalized spacial score (nSPS) is 11.6. The van der Waals surface area contributed by atoms with Crippen LogP contribution in [0.1, 0.15) is 0 Å². The second-order valence-corrected chi connectivity index (χ2v) is 8.59. The summed E-state index contributed by atoms with van der Waals surface area (Å²) < 4.78 is 7.31. The molecular weight excluding hydrogens is 380 g/mol. The lowest BCUT2D eigenvalue weighted by Crippen LogP contribution is -1.84. The van der Waals surface area contributed by atoms with Crippen molar-refractivity contribution in [2.24, 2.45) is 0 Å². The number of benzene rings is 4. The van der Waals surface area contributed by atoms with Gasteiger partial charge in [-0.25, -0.2) is 4.98 Å². The van der Waals surface area contributed by atoms with Gasteiger partial charge in [-0.3, -0.25) is 0 Å². The maximum atomic E-state index is 4.88. The predicted octanol–water partition coefficient (Wildman–Crippen LogP) is 7.39. The fourth-order valence-corrected chi connectivity index (χ4v) is 5.49. The highest BCUT2D eigenvalue weighted by Gasteiger charge is 2.13. The number of hydrogen-bond donors (Lipinski definition) is 0. The van der Waals surface area contributed by atoms with Gasteiger partial charge in [0.25, 0.3) is 0 Å². The molecule has 0 fully saturated rings. The zero-order chi connectivity index (χ0) is 18.5. The Morgan fingerprint density at radius 1 is 0.643 bits per heavy atom. The largest absolute Gasteiger partial charge is 0.215 e. The van der Waals surface area contributed by atoms with Gasteiger partial charge in [-0.1, -0.05) is 66.7 Å². The average molecular weight is 395 g/mol. The quantitative estimate of drug-likeness (QED) is 0.306. The van der Waals surface area contributed by atoms with Crippen LogP contribution in [0.5, 0.6) is 0 Å². The molecule has 4 aromatic carbocycles. The molecule has 0 bridgehead atoms. The molecule has 0 atom stereocenters. The zero-order valence-electron chi connectivity index (χ0n) is 14.8. The van der Waals surface area contributed by atoms with Gasteiger partial charge >= 0.3 is 0 Å². The van der Waals surface area contributed by atoms with E-state index >= 15 is 0 Å². The maximum absolute atomic E-state index is 4.88. The molecule has 0 N–H and O–H groups in total. The highest BCUT2D eigenvalue weighted by molar-refractivity contribution is 7.25. The van der Waals surface area contributed by atoms with Gasteiger partial charge in [-0.15, -0.1) is 11.3 Å². The summed E-state index contributed by atoms with van der Waals surface area (Å²) in [6.07, 6.45) is 0. The summed E-state index contributed by atoms with van der Waals surface area (Å²) in [5.41, 5.74) is 2.21. The molecule has 0 amide bonds. The van der Waals surface area contributed by atoms with Crippen LogP contribution < -0.4 is 0 Å². The van der Waals surface area contributed by atoms with Gasteiger partial charge in [0, 0.05) is 31.3 Å². The first-order valence-corrected chi connectivity index (χ1v) is 10.7. The van der Waals surface area contributed by atoms with E-state index in [0.29, 0.717) is 0 Å². The molecule has 0 radical (unpaired) electrons. The number of hydrogen-bond acceptors (Lipinski definition) is 4. The first kappa shape index (κ1) is 15.9. The molecule has 0 aliphatic rings. The van der Waals surface area contributed by atoms with E-state index in [0.717, 1.165) is 22.0 Å². The van der Waals surface area contributed by atoms with E-state index < -0.39 is 0 Å². The van der Waals surface area contributed by atoms with Gasteiger partial charge in [0.05, 0.1) is 0 Å². The lowest BCUT2D eigenvalue weighted by Gasteiger charge is -2.02. The molecule has 2 heterocycles. The third-order valence-electron chi connectivity index (χ3n) is 5.08. The van der Waals surface area contributed by atoms with Crippen molar-refractivity contribution in [2.45, 2.75) is 0 Å². The molecule has 6 rings (SSSR count). The maximum Gasteiger partial charge on any atom is 0.174 e. The number of fused-ring (bicyclic) bond motifs is 4. The fourth-order valence-electron chi connectivity index (χ4n) is 3.73. The number of nitrogens with zero attached hydrogens (tertiary/aromatic N) is 2. The first-order valence-electron chi connectivity index (χ1n) is 9.10. The van der Waals surface area contributed by atoms with Crippen molar-refractivity contribution >= 4 is 53.8 Å². The Kier molecular flexibility index (Phi) is 3.54. The van der Waals surface area contributed by atoms with Crippen LogP contribution in [0, 0.1) is 0 Å². The minimum atomic E-state index is 0.798. The van der Waals surface area contributed by atoms with E-state index in [1.807, 2.05) is 11.3 Å². The fraction of sp³-hybridized carbons (Fsp3) is 0. The van der Waals surface area contributed by atoms with Crippen LogP contribution in [0.3, 0.4) is 0 Å². The van der Waals surface area contributed by atoms with Gasteiger partial charge < -0.3 is 0 Å². The van der Waals surface area contributed by atoms with E-state index in [4.69, 9.17) is 4.98 Å².